The fourth-order valence-electron chi connectivity index (χ4n) is 4.37. The molecule has 0 amide bonds. The number of aliphatic imine (C=N–C) groups is 5. The fourth-order valence-corrected chi connectivity index (χ4v) is 6.38. The van der Waals surface area contributed by atoms with E-state index in [1.165, 1.54) is 22.6 Å². The zero-order chi connectivity index (χ0) is 29.4. The maximum atomic E-state index is 6.19. The zero-order valence-electron chi connectivity index (χ0n) is 22.9. The van der Waals surface area contributed by atoms with Gasteiger partial charge in [-0.15, -0.1) is 0 Å². The molecule has 0 radical (unpaired) electrons. The van der Waals surface area contributed by atoms with Gasteiger partial charge in [0.05, 0.1) is 16.8 Å². The molecule has 2 aliphatic rings. The number of hydrogen-bond acceptors (Lipinski definition) is 10. The van der Waals surface area contributed by atoms with E-state index < -0.39 is 20.7 Å². The Morgan fingerprint density at radius 2 is 1.63 bits per heavy atom. The van der Waals surface area contributed by atoms with Crippen LogP contribution in [0.15, 0.2) is 98.6 Å². The molecule has 6 rings (SSSR count). The van der Waals surface area contributed by atoms with Gasteiger partial charge < -0.3 is 11.1 Å². The van der Waals surface area contributed by atoms with Gasteiger partial charge in [0, 0.05) is 35.2 Å². The summed E-state index contributed by atoms with van der Waals surface area (Å²) in [7, 11) is 1.64. The minimum atomic E-state index is -0.461. The molecule has 13 heteroatoms. The Morgan fingerprint density at radius 1 is 0.907 bits per heavy atom. The molecule has 0 unspecified atom stereocenters. The van der Waals surface area contributed by atoms with E-state index in [2.05, 4.69) is 79.5 Å². The Hall–Kier alpha value is -5.18. The van der Waals surface area contributed by atoms with Gasteiger partial charge in [-0.3, -0.25) is 20.0 Å². The SMILES string of the molecule is CN=CN=C(N)c1cc(-c2cc(C3=CC(CC4N=CNC=N4)=NC=I3)cc(-c3ccnc(-c4ncncn4)c3)c2)ccn1. The summed E-state index contributed by atoms with van der Waals surface area (Å²) in [6.07, 6.45) is 13.8. The largest absolute Gasteiger partial charge is 0.382 e. The van der Waals surface area contributed by atoms with Crippen LogP contribution in [-0.2, 0) is 0 Å². The molecule has 5 heterocycles. The van der Waals surface area contributed by atoms with Crippen LogP contribution in [-0.4, -0.2) is 72.8 Å². The Balaban J connectivity index is 1.44. The normalized spacial score (nSPS) is 15.1. The maximum absolute atomic E-state index is 6.19. The van der Waals surface area contributed by atoms with Crippen LogP contribution >= 0.6 is 20.7 Å². The number of amidine groups is 1. The number of hydrogen-bond donors (Lipinski definition) is 2. The average molecular weight is 681 g/mol. The molecule has 43 heavy (non-hydrogen) atoms. The van der Waals surface area contributed by atoms with E-state index in [1.807, 2.05) is 28.4 Å². The van der Waals surface area contributed by atoms with Gasteiger partial charge in [0.25, 0.3) is 0 Å². The number of nitrogens with zero attached hydrogens (tertiary/aromatic N) is 10. The third kappa shape index (κ3) is 6.83. The smallest absolute Gasteiger partial charge is 0.181 e. The first-order valence-electron chi connectivity index (χ1n) is 13.1. The van der Waals surface area contributed by atoms with E-state index in [1.54, 1.807) is 32.1 Å². The molecule has 0 saturated heterocycles. The molecule has 4 aromatic rings. The molecule has 0 fully saturated rings. The van der Waals surface area contributed by atoms with Crippen LogP contribution in [0.25, 0.3) is 37.4 Å². The van der Waals surface area contributed by atoms with Crippen molar-refractivity contribution in [1.29, 1.82) is 0 Å². The van der Waals surface area contributed by atoms with Crippen LogP contribution in [0.4, 0.5) is 0 Å². The summed E-state index contributed by atoms with van der Waals surface area (Å²) in [5, 5.41) is 2.88. The van der Waals surface area contributed by atoms with Gasteiger partial charge in [0.2, 0.25) is 0 Å². The summed E-state index contributed by atoms with van der Waals surface area (Å²) in [6.45, 7) is 0. The second-order valence-corrected chi connectivity index (χ2v) is 11.6. The Morgan fingerprint density at radius 3 is 2.40 bits per heavy atom. The highest BCUT2D eigenvalue weighted by molar-refractivity contribution is 14.2. The van der Waals surface area contributed by atoms with Gasteiger partial charge in [-0.05, 0) is 76.4 Å². The number of rotatable bonds is 8. The van der Waals surface area contributed by atoms with Gasteiger partial charge in [-0.1, -0.05) is 20.7 Å². The lowest BCUT2D eigenvalue weighted by atomic mass is 9.95. The van der Waals surface area contributed by atoms with Crippen LogP contribution in [0.2, 0.25) is 0 Å². The monoisotopic (exact) mass is 680 g/mol. The molecule has 0 spiro atoms. The summed E-state index contributed by atoms with van der Waals surface area (Å²) in [6, 6.07) is 14.4. The van der Waals surface area contributed by atoms with Gasteiger partial charge in [0.15, 0.2) is 11.7 Å². The molecular formula is C30H25IN12. The molecule has 0 aliphatic carbocycles. The topological polar surface area (TPSA) is 164 Å². The first-order valence-corrected chi connectivity index (χ1v) is 15.5. The second kappa shape index (κ2) is 13.2. The summed E-state index contributed by atoms with van der Waals surface area (Å²) in [4.78, 5) is 42.9. The molecule has 3 aromatic heterocycles. The minimum Gasteiger partial charge on any atom is -0.382 e. The third-order valence-electron chi connectivity index (χ3n) is 6.40. The highest BCUT2D eigenvalue weighted by Gasteiger charge is 2.15. The minimum absolute atomic E-state index is 0.185. The van der Waals surface area contributed by atoms with Crippen molar-refractivity contribution < 1.29 is 0 Å². The van der Waals surface area contributed by atoms with Crippen molar-refractivity contribution >= 4 is 59.0 Å². The van der Waals surface area contributed by atoms with E-state index in [0.29, 0.717) is 29.5 Å². The summed E-state index contributed by atoms with van der Waals surface area (Å²) < 4.78 is 3.29. The predicted molar refractivity (Wildman–Crippen MR) is 181 cm³/mol. The Kier molecular flexibility index (Phi) is 8.59. The van der Waals surface area contributed by atoms with Gasteiger partial charge >= 0.3 is 0 Å². The number of pyridine rings is 2. The number of benzene rings is 1. The molecule has 12 nitrogen and oxygen atoms in total. The van der Waals surface area contributed by atoms with Crippen molar-refractivity contribution in [2.45, 2.75) is 12.6 Å². The number of nitrogens with two attached hydrogens (primary N) is 1. The predicted octanol–water partition coefficient (Wildman–Crippen LogP) is 3.93. The van der Waals surface area contributed by atoms with Crippen LogP contribution in [0.1, 0.15) is 17.7 Å². The fraction of sp³-hybridized carbons (Fsp3) is 0.100. The van der Waals surface area contributed by atoms with E-state index in [4.69, 9.17) is 5.73 Å². The molecule has 0 bridgehead atoms. The third-order valence-corrected chi connectivity index (χ3v) is 8.56. The van der Waals surface area contributed by atoms with Crippen LogP contribution < -0.4 is 11.1 Å². The Bertz CT molecular complexity index is 1850. The Labute approximate surface area is 257 Å². The van der Waals surface area contributed by atoms with Gasteiger partial charge in [0.1, 0.15) is 36.5 Å². The van der Waals surface area contributed by atoms with E-state index in [9.17, 15) is 0 Å². The molecular weight excluding hydrogens is 655 g/mol. The number of halogens is 1. The molecule has 0 atom stereocenters. The zero-order valence-corrected chi connectivity index (χ0v) is 25.1. The van der Waals surface area contributed by atoms with Crippen molar-refractivity contribution in [1.82, 2.24) is 30.2 Å². The van der Waals surface area contributed by atoms with Crippen LogP contribution in [0.3, 0.4) is 0 Å². The first kappa shape index (κ1) is 28.0. The van der Waals surface area contributed by atoms with Crippen molar-refractivity contribution in [2.75, 3.05) is 7.05 Å². The lowest BCUT2D eigenvalue weighted by molar-refractivity contribution is 0.739. The molecule has 2 aliphatic heterocycles. The lowest BCUT2D eigenvalue weighted by Gasteiger charge is -2.15. The van der Waals surface area contributed by atoms with E-state index >= 15 is 0 Å². The second-order valence-electron chi connectivity index (χ2n) is 9.24. The quantitative estimate of drug-likeness (QED) is 0.162. The number of aromatic nitrogens is 5. The standard InChI is InChI=1S/C30H25IN12/c1-33-14-41-29(32)26-9-19(2-4-36-26)21-6-22(20-3-5-37-27(10-20)30-42-17-35-18-43-30)8-23(7-21)25-11-24(38-13-31-25)12-28-39-15-34-16-40-28/h2-11,13-18,28H,12H2,1H3,(H2,32,33,41)(H,34,39,40). The van der Waals surface area contributed by atoms with Gasteiger partial charge in [-0.2, -0.15) is 0 Å². The molecule has 212 valence electrons. The average Bonchev–Trinajstić information content (AvgIpc) is 3.08. The van der Waals surface area contributed by atoms with Crippen molar-refractivity contribution in [3.8, 4) is 33.8 Å². The summed E-state index contributed by atoms with van der Waals surface area (Å²) in [5.74, 6) is 0.802. The number of nitrogens with one attached hydrogen (secondary N) is 1. The van der Waals surface area contributed by atoms with Crippen molar-refractivity contribution in [2.24, 2.45) is 30.7 Å². The van der Waals surface area contributed by atoms with E-state index in [-0.39, 0.29) is 6.17 Å². The molecule has 1 aromatic carbocycles. The maximum Gasteiger partial charge on any atom is 0.181 e. The first-order chi connectivity index (χ1) is 21.2. The highest BCUT2D eigenvalue weighted by atomic mass is 127. The number of allylic oxidation sites excluding steroid dienone is 1. The lowest BCUT2D eigenvalue weighted by Crippen LogP contribution is -2.20. The molecule has 0 saturated carbocycles. The summed E-state index contributed by atoms with van der Waals surface area (Å²) in [5.41, 5.74) is 13.4. The van der Waals surface area contributed by atoms with E-state index in [0.717, 1.165) is 33.5 Å². The highest BCUT2D eigenvalue weighted by Crippen LogP contribution is 2.36. The van der Waals surface area contributed by atoms with Crippen LogP contribution in [0, 0.1) is 0 Å². The van der Waals surface area contributed by atoms with Gasteiger partial charge in [-0.25, -0.2) is 29.9 Å². The van der Waals surface area contributed by atoms with Crippen molar-refractivity contribution in [3.05, 3.63) is 84.8 Å². The molecule has 3 N–H and O–H groups in total. The van der Waals surface area contributed by atoms with Crippen LogP contribution in [0.5, 0.6) is 0 Å². The van der Waals surface area contributed by atoms with Crippen molar-refractivity contribution in [3.63, 3.8) is 0 Å². The summed E-state index contributed by atoms with van der Waals surface area (Å²) >= 11 is -0.461.